The minimum Gasteiger partial charge on any atom is -0.598 e. The van der Waals surface area contributed by atoms with Crippen molar-refractivity contribution in [1.82, 2.24) is 10.0 Å². The third-order valence-electron chi connectivity index (χ3n) is 8.06. The average Bonchev–Trinajstić information content (AvgIpc) is 3.13. The molecule has 0 saturated carbocycles. The molecule has 2 heterocycles. The predicted octanol–water partition coefficient (Wildman–Crippen LogP) is 5.69. The average molecular weight is 538 g/mol. The van der Waals surface area contributed by atoms with Crippen LogP contribution in [0.25, 0.3) is 0 Å². The third kappa shape index (κ3) is 7.61. The van der Waals surface area contributed by atoms with Gasteiger partial charge in [-0.25, -0.2) is 4.39 Å². The van der Waals surface area contributed by atoms with Crippen molar-refractivity contribution in [2.45, 2.75) is 109 Å². The smallest absolute Gasteiger partial charge is 0.310 e. The Balaban J connectivity index is 1.88. The van der Waals surface area contributed by atoms with Gasteiger partial charge in [-0.3, -0.25) is 4.79 Å². The summed E-state index contributed by atoms with van der Waals surface area (Å²) in [5, 5.41) is 3.44. The van der Waals surface area contributed by atoms with Crippen molar-refractivity contribution in [3.8, 4) is 0 Å². The van der Waals surface area contributed by atoms with Gasteiger partial charge in [-0.1, -0.05) is 46.0 Å². The van der Waals surface area contributed by atoms with Gasteiger partial charge in [0.15, 0.2) is 6.23 Å². The summed E-state index contributed by atoms with van der Waals surface area (Å²) in [6.07, 6.45) is 8.50. The molecule has 2 fully saturated rings. The zero-order valence-electron chi connectivity index (χ0n) is 23.5. The van der Waals surface area contributed by atoms with Crippen LogP contribution in [0.15, 0.2) is 24.3 Å². The Morgan fingerprint density at radius 3 is 2.43 bits per heavy atom. The van der Waals surface area contributed by atoms with Crippen molar-refractivity contribution in [1.29, 1.82) is 0 Å². The first kappa shape index (κ1) is 30.2. The quantitative estimate of drug-likeness (QED) is 0.203. The molecule has 3 rings (SSSR count). The number of hydrogen-bond donors (Lipinski definition) is 2. The predicted molar refractivity (Wildman–Crippen MR) is 150 cm³/mol. The number of esters is 1. The minimum absolute atomic E-state index is 0.133. The molecular weight excluding hydrogens is 489 g/mol. The highest BCUT2D eigenvalue weighted by molar-refractivity contribution is 7.90. The summed E-state index contributed by atoms with van der Waals surface area (Å²) in [6, 6.07) is 6.26. The van der Waals surface area contributed by atoms with E-state index >= 15 is 0 Å². The molecule has 210 valence electrons. The van der Waals surface area contributed by atoms with E-state index in [0.717, 1.165) is 57.3 Å². The number of halogens is 1. The fraction of sp³-hybridized carbons (Fsp3) is 0.759. The van der Waals surface area contributed by atoms with Gasteiger partial charge in [-0.15, -0.1) is 4.72 Å². The van der Waals surface area contributed by atoms with Gasteiger partial charge in [0.05, 0.1) is 17.4 Å². The summed E-state index contributed by atoms with van der Waals surface area (Å²) in [5.41, 5.74) is 0.422. The van der Waals surface area contributed by atoms with Crippen LogP contribution in [0.4, 0.5) is 10.1 Å². The topological polar surface area (TPSA) is 76.7 Å². The van der Waals surface area contributed by atoms with Gasteiger partial charge in [0.25, 0.3) is 0 Å². The molecule has 2 N–H and O–H groups in total. The molecule has 2 aliphatic heterocycles. The summed E-state index contributed by atoms with van der Waals surface area (Å²) in [7, 11) is 0. The van der Waals surface area contributed by atoms with Gasteiger partial charge in [-0.05, 0) is 83.8 Å². The molecule has 8 heteroatoms. The molecule has 2 aliphatic rings. The number of piperidine rings is 1. The minimum atomic E-state index is -1.27. The Morgan fingerprint density at radius 2 is 1.84 bits per heavy atom. The molecule has 4 atom stereocenters. The van der Waals surface area contributed by atoms with E-state index in [1.807, 2.05) is 20.8 Å². The molecule has 2 saturated heterocycles. The number of anilines is 1. The van der Waals surface area contributed by atoms with Crippen LogP contribution >= 0.6 is 0 Å². The first-order valence-corrected chi connectivity index (χ1v) is 15.4. The van der Waals surface area contributed by atoms with E-state index in [-0.39, 0.29) is 23.7 Å². The molecule has 0 bridgehead atoms. The highest BCUT2D eigenvalue weighted by Crippen LogP contribution is 2.47. The molecule has 37 heavy (non-hydrogen) atoms. The largest absolute Gasteiger partial charge is 0.598 e. The number of carbonyl (C=O) groups excluding carboxylic acids is 1. The van der Waals surface area contributed by atoms with E-state index in [1.165, 1.54) is 31.4 Å². The van der Waals surface area contributed by atoms with E-state index in [2.05, 4.69) is 28.8 Å². The van der Waals surface area contributed by atoms with E-state index < -0.39 is 27.8 Å². The SMILES string of the molecule is CCCCCCC[C@@H](CC)C(=O)O[C@H]1N(c2ccc(F)cc2)C[C@@H](N[S+]([O-])C(C)(C)C)C12CCNCC2. The monoisotopic (exact) mass is 537 g/mol. The van der Waals surface area contributed by atoms with Gasteiger partial charge in [0.2, 0.25) is 0 Å². The number of benzene rings is 1. The molecular formula is C29H48FN3O3S. The van der Waals surface area contributed by atoms with Gasteiger partial charge in [0.1, 0.15) is 10.6 Å². The van der Waals surface area contributed by atoms with Crippen LogP contribution in [0.3, 0.4) is 0 Å². The summed E-state index contributed by atoms with van der Waals surface area (Å²) in [4.78, 5) is 15.7. The van der Waals surface area contributed by atoms with E-state index in [4.69, 9.17) is 4.74 Å². The lowest BCUT2D eigenvalue weighted by Gasteiger charge is -2.43. The van der Waals surface area contributed by atoms with Crippen LogP contribution < -0.4 is 14.9 Å². The zero-order valence-corrected chi connectivity index (χ0v) is 24.3. The van der Waals surface area contributed by atoms with Crippen LogP contribution in [0, 0.1) is 17.2 Å². The van der Waals surface area contributed by atoms with E-state index in [9.17, 15) is 13.7 Å². The van der Waals surface area contributed by atoms with Crippen molar-refractivity contribution < 1.29 is 18.5 Å². The number of hydrogen-bond acceptors (Lipinski definition) is 6. The second kappa shape index (κ2) is 13.6. The lowest BCUT2D eigenvalue weighted by Crippen LogP contribution is -2.57. The van der Waals surface area contributed by atoms with Crippen molar-refractivity contribution in [3.05, 3.63) is 30.1 Å². The Bertz CT molecular complexity index is 842. The van der Waals surface area contributed by atoms with Crippen LogP contribution in [0.1, 0.15) is 92.4 Å². The maximum Gasteiger partial charge on any atom is 0.310 e. The molecule has 0 amide bonds. The molecule has 1 unspecified atom stereocenters. The maximum absolute atomic E-state index is 13.8. The van der Waals surface area contributed by atoms with Crippen molar-refractivity contribution in [2.75, 3.05) is 24.5 Å². The number of carbonyl (C=O) groups is 1. The standard InChI is InChI=1S/C29H48FN3O3S/c1-6-8-9-10-11-12-22(7-2)26(34)36-27-29(17-19-31-20-18-29)25(32-37(35)28(3,4)5)21-33(27)24-15-13-23(30)14-16-24/h13-16,22,25,27,31-32H,6-12,17-21H2,1-5H3/t22-,25-,27-,37?/m1/s1. The van der Waals surface area contributed by atoms with Crippen molar-refractivity contribution in [3.63, 3.8) is 0 Å². The first-order valence-electron chi connectivity index (χ1n) is 14.2. The van der Waals surface area contributed by atoms with Gasteiger partial charge in [-0.2, -0.15) is 0 Å². The van der Waals surface area contributed by atoms with E-state index in [1.54, 1.807) is 12.1 Å². The molecule has 0 radical (unpaired) electrons. The molecule has 0 aromatic heterocycles. The summed E-state index contributed by atoms with van der Waals surface area (Å²) >= 11 is -1.27. The second-order valence-corrected chi connectivity index (χ2v) is 13.8. The van der Waals surface area contributed by atoms with Crippen molar-refractivity contribution >= 4 is 23.0 Å². The third-order valence-corrected chi connectivity index (χ3v) is 9.67. The van der Waals surface area contributed by atoms with Crippen LogP contribution in [0.2, 0.25) is 0 Å². The maximum atomic E-state index is 13.8. The first-order chi connectivity index (χ1) is 17.6. The molecule has 0 aliphatic carbocycles. The fourth-order valence-corrected chi connectivity index (χ4v) is 6.57. The van der Waals surface area contributed by atoms with Crippen LogP contribution in [0.5, 0.6) is 0 Å². The molecule has 1 aromatic rings. The summed E-state index contributed by atoms with van der Waals surface area (Å²) in [6.45, 7) is 12.3. The van der Waals surface area contributed by atoms with Gasteiger partial charge in [0, 0.05) is 23.6 Å². The number of nitrogens with one attached hydrogen (secondary N) is 2. The molecule has 1 aromatic carbocycles. The lowest BCUT2D eigenvalue weighted by atomic mass is 9.74. The normalized spacial score (nSPS) is 23.3. The number of ether oxygens (including phenoxy) is 1. The Hall–Kier alpha value is -1.35. The summed E-state index contributed by atoms with van der Waals surface area (Å²) < 4.78 is 36.5. The number of rotatable bonds is 12. The Labute approximate surface area is 226 Å². The fourth-order valence-electron chi connectivity index (χ4n) is 5.65. The molecule has 1 spiro atoms. The zero-order chi connectivity index (χ0) is 27.1. The molecule has 6 nitrogen and oxygen atoms in total. The summed E-state index contributed by atoms with van der Waals surface area (Å²) in [5.74, 6) is -0.581. The Kier molecular flexibility index (Phi) is 11.1. The van der Waals surface area contributed by atoms with Gasteiger partial charge >= 0.3 is 5.97 Å². The highest BCUT2D eigenvalue weighted by atomic mass is 32.2. The van der Waals surface area contributed by atoms with Crippen LogP contribution in [-0.4, -0.2) is 47.2 Å². The highest BCUT2D eigenvalue weighted by Gasteiger charge is 2.58. The second-order valence-electron chi connectivity index (χ2n) is 11.8. The van der Waals surface area contributed by atoms with Gasteiger partial charge < -0.3 is 19.5 Å². The lowest BCUT2D eigenvalue weighted by molar-refractivity contribution is -0.161. The van der Waals surface area contributed by atoms with Crippen molar-refractivity contribution in [2.24, 2.45) is 11.3 Å². The van der Waals surface area contributed by atoms with E-state index in [0.29, 0.717) is 6.54 Å². The van der Waals surface area contributed by atoms with Crippen LogP contribution in [-0.2, 0) is 20.9 Å². The number of unbranched alkanes of at least 4 members (excludes halogenated alkanes) is 4. The Morgan fingerprint density at radius 1 is 1.19 bits per heavy atom. The number of nitrogens with zero attached hydrogens (tertiary/aromatic N) is 1.